The third-order valence-electron chi connectivity index (χ3n) is 2.76. The molecule has 0 unspecified atom stereocenters. The van der Waals surface area contributed by atoms with E-state index in [-0.39, 0.29) is 0 Å². The lowest BCUT2D eigenvalue weighted by atomic mass is 10.2. The van der Waals surface area contributed by atoms with Crippen molar-refractivity contribution in [3.63, 3.8) is 0 Å². The molecule has 88 valence electrons. The lowest BCUT2D eigenvalue weighted by molar-refractivity contribution is -0.0244. The molecule has 0 amide bonds. The molecule has 0 aliphatic heterocycles. The average Bonchev–Trinajstić information content (AvgIpc) is 2.87. The van der Waals surface area contributed by atoms with Gasteiger partial charge in [0.05, 0.1) is 6.10 Å². The fraction of sp³-hybridized carbons (Fsp3) is 0.545. The number of carboxylic acids is 1. The van der Waals surface area contributed by atoms with E-state index in [0.717, 1.165) is 18.4 Å². The Balaban J connectivity index is 1.80. The molecule has 1 heterocycles. The van der Waals surface area contributed by atoms with Gasteiger partial charge < -0.3 is 5.11 Å². The molecule has 2 rings (SSSR count). The van der Waals surface area contributed by atoms with Crippen LogP contribution < -0.4 is 5.48 Å². The summed E-state index contributed by atoms with van der Waals surface area (Å²) >= 11 is 1.25. The largest absolute Gasteiger partial charge is 0.477 e. The van der Waals surface area contributed by atoms with E-state index in [9.17, 15) is 4.79 Å². The van der Waals surface area contributed by atoms with Gasteiger partial charge >= 0.3 is 5.97 Å². The number of nitrogens with one attached hydrogen (secondary N) is 1. The number of hydrogen-bond acceptors (Lipinski definition) is 4. The highest BCUT2D eigenvalue weighted by atomic mass is 32.1. The van der Waals surface area contributed by atoms with Gasteiger partial charge in [-0.15, -0.1) is 11.3 Å². The molecule has 1 aromatic heterocycles. The van der Waals surface area contributed by atoms with Crippen LogP contribution in [0.1, 0.15) is 40.9 Å². The minimum absolute atomic E-state index is 0.298. The van der Waals surface area contributed by atoms with Crippen molar-refractivity contribution in [2.75, 3.05) is 0 Å². The molecule has 0 aromatic carbocycles. The average molecular weight is 241 g/mol. The number of rotatable bonds is 5. The van der Waals surface area contributed by atoms with Gasteiger partial charge in [-0.2, -0.15) is 5.48 Å². The Kier molecular flexibility index (Phi) is 3.93. The molecule has 5 heteroatoms. The first-order valence-corrected chi connectivity index (χ1v) is 6.33. The highest BCUT2D eigenvalue weighted by Crippen LogP contribution is 2.20. The number of thiophene rings is 1. The summed E-state index contributed by atoms with van der Waals surface area (Å²) in [6.07, 6.45) is 4.95. The van der Waals surface area contributed by atoms with Gasteiger partial charge in [-0.1, -0.05) is 12.8 Å². The van der Waals surface area contributed by atoms with Gasteiger partial charge in [0.2, 0.25) is 0 Å². The normalized spacial score (nSPS) is 16.8. The lowest BCUT2D eigenvalue weighted by Crippen LogP contribution is -2.21. The maximum absolute atomic E-state index is 10.8. The molecule has 16 heavy (non-hydrogen) atoms. The summed E-state index contributed by atoms with van der Waals surface area (Å²) in [5.74, 6) is -0.868. The van der Waals surface area contributed by atoms with Gasteiger partial charge in [-0.25, -0.2) is 4.79 Å². The second-order valence-electron chi connectivity index (χ2n) is 3.93. The van der Waals surface area contributed by atoms with E-state index in [0.29, 0.717) is 17.5 Å². The van der Waals surface area contributed by atoms with Crippen LogP contribution in [0, 0.1) is 0 Å². The van der Waals surface area contributed by atoms with Crippen LogP contribution in [0.25, 0.3) is 0 Å². The van der Waals surface area contributed by atoms with E-state index < -0.39 is 5.97 Å². The molecule has 1 aliphatic carbocycles. The van der Waals surface area contributed by atoms with E-state index in [1.165, 1.54) is 24.2 Å². The second kappa shape index (κ2) is 5.43. The van der Waals surface area contributed by atoms with Gasteiger partial charge in [0.1, 0.15) is 4.88 Å². The predicted octanol–water partition coefficient (Wildman–Crippen LogP) is 2.41. The molecule has 2 N–H and O–H groups in total. The van der Waals surface area contributed by atoms with Crippen molar-refractivity contribution in [1.82, 2.24) is 5.48 Å². The first kappa shape index (κ1) is 11.6. The molecule has 0 saturated heterocycles. The smallest absolute Gasteiger partial charge is 0.346 e. The minimum atomic E-state index is -0.868. The lowest BCUT2D eigenvalue weighted by Gasteiger charge is -2.11. The predicted molar refractivity (Wildman–Crippen MR) is 61.5 cm³/mol. The van der Waals surface area contributed by atoms with Crippen LogP contribution in [-0.4, -0.2) is 17.2 Å². The molecule has 0 spiro atoms. The summed E-state index contributed by atoms with van der Waals surface area (Å²) in [6, 6.07) is 1.82. The van der Waals surface area contributed by atoms with Crippen LogP contribution in [0.15, 0.2) is 11.4 Å². The zero-order valence-electron chi connectivity index (χ0n) is 8.94. The van der Waals surface area contributed by atoms with Gasteiger partial charge in [0, 0.05) is 6.54 Å². The Labute approximate surface area is 98.2 Å². The second-order valence-corrected chi connectivity index (χ2v) is 4.84. The summed E-state index contributed by atoms with van der Waals surface area (Å²) in [5, 5.41) is 10.7. The molecule has 1 aliphatic rings. The first-order chi connectivity index (χ1) is 7.77. The molecule has 0 atom stereocenters. The van der Waals surface area contributed by atoms with Crippen molar-refractivity contribution in [3.05, 3.63) is 21.9 Å². The fourth-order valence-corrected chi connectivity index (χ4v) is 2.67. The molecule has 4 nitrogen and oxygen atoms in total. The standard InChI is InChI=1S/C11H15NO3S/c13-11(14)10-8(5-6-16-10)7-12-15-9-3-1-2-4-9/h5-6,9,12H,1-4,7H2,(H,13,14). The third kappa shape index (κ3) is 2.81. The summed E-state index contributed by atoms with van der Waals surface area (Å²) in [7, 11) is 0. The van der Waals surface area contributed by atoms with Crippen molar-refractivity contribution in [2.24, 2.45) is 0 Å². The molecular weight excluding hydrogens is 226 g/mol. The van der Waals surface area contributed by atoms with Crippen molar-refractivity contribution in [1.29, 1.82) is 0 Å². The Morgan fingerprint density at radius 1 is 1.56 bits per heavy atom. The molecule has 0 bridgehead atoms. The molecule has 1 fully saturated rings. The van der Waals surface area contributed by atoms with Gasteiger partial charge in [-0.3, -0.25) is 4.84 Å². The minimum Gasteiger partial charge on any atom is -0.477 e. The van der Waals surface area contributed by atoms with Crippen LogP contribution >= 0.6 is 11.3 Å². The Morgan fingerprint density at radius 3 is 3.00 bits per heavy atom. The fourth-order valence-electron chi connectivity index (χ4n) is 1.91. The summed E-state index contributed by atoms with van der Waals surface area (Å²) in [4.78, 5) is 16.7. The van der Waals surface area contributed by atoms with E-state index >= 15 is 0 Å². The highest BCUT2D eigenvalue weighted by Gasteiger charge is 2.16. The van der Waals surface area contributed by atoms with Crippen LogP contribution in [0.5, 0.6) is 0 Å². The SMILES string of the molecule is O=C(O)c1sccc1CNOC1CCCC1. The van der Waals surface area contributed by atoms with Crippen LogP contribution in [0.3, 0.4) is 0 Å². The van der Waals surface area contributed by atoms with Crippen molar-refractivity contribution in [3.8, 4) is 0 Å². The van der Waals surface area contributed by atoms with Crippen LogP contribution in [0.4, 0.5) is 0 Å². The zero-order chi connectivity index (χ0) is 11.4. The Hall–Kier alpha value is -0.910. The van der Waals surface area contributed by atoms with E-state index in [1.54, 1.807) is 5.38 Å². The number of carboxylic acid groups (broad SMARTS) is 1. The third-order valence-corrected chi connectivity index (χ3v) is 3.70. The molecule has 1 saturated carbocycles. The monoisotopic (exact) mass is 241 g/mol. The first-order valence-electron chi connectivity index (χ1n) is 5.45. The van der Waals surface area contributed by atoms with Crippen LogP contribution in [0.2, 0.25) is 0 Å². The van der Waals surface area contributed by atoms with Crippen molar-refractivity contribution >= 4 is 17.3 Å². The molecule has 0 radical (unpaired) electrons. The number of hydroxylamine groups is 1. The maximum atomic E-state index is 10.8. The van der Waals surface area contributed by atoms with Crippen molar-refractivity contribution in [2.45, 2.75) is 38.3 Å². The van der Waals surface area contributed by atoms with E-state index in [1.807, 2.05) is 6.07 Å². The maximum Gasteiger partial charge on any atom is 0.346 e. The molecular formula is C11H15NO3S. The summed E-state index contributed by atoms with van der Waals surface area (Å²) in [6.45, 7) is 0.460. The van der Waals surface area contributed by atoms with E-state index in [4.69, 9.17) is 9.94 Å². The van der Waals surface area contributed by atoms with Crippen LogP contribution in [-0.2, 0) is 11.4 Å². The van der Waals surface area contributed by atoms with Crippen molar-refractivity contribution < 1.29 is 14.7 Å². The zero-order valence-corrected chi connectivity index (χ0v) is 9.76. The summed E-state index contributed by atoms with van der Waals surface area (Å²) in [5.41, 5.74) is 3.66. The molecule has 1 aromatic rings. The highest BCUT2D eigenvalue weighted by molar-refractivity contribution is 7.12. The quantitative estimate of drug-likeness (QED) is 0.777. The Bertz CT molecular complexity index is 358. The summed E-state index contributed by atoms with van der Waals surface area (Å²) < 4.78 is 0. The van der Waals surface area contributed by atoms with Gasteiger partial charge in [0.15, 0.2) is 0 Å². The number of hydrogen-bond donors (Lipinski definition) is 2. The van der Waals surface area contributed by atoms with Gasteiger partial charge in [0.25, 0.3) is 0 Å². The number of aromatic carboxylic acids is 1. The number of carbonyl (C=O) groups is 1. The Morgan fingerprint density at radius 2 is 2.31 bits per heavy atom. The van der Waals surface area contributed by atoms with Gasteiger partial charge in [-0.05, 0) is 29.9 Å². The van der Waals surface area contributed by atoms with E-state index in [2.05, 4.69) is 5.48 Å². The topological polar surface area (TPSA) is 58.6 Å².